The second kappa shape index (κ2) is 7.58. The molecule has 0 aliphatic carbocycles. The zero-order chi connectivity index (χ0) is 16.7. The maximum atomic E-state index is 11.4. The van der Waals surface area contributed by atoms with Crippen molar-refractivity contribution in [1.82, 2.24) is 5.01 Å². The third kappa shape index (κ3) is 4.17. The van der Waals surface area contributed by atoms with Crippen molar-refractivity contribution in [3.8, 4) is 17.6 Å². The molecule has 9 heteroatoms. The van der Waals surface area contributed by atoms with Crippen LogP contribution in [0.1, 0.15) is 18.9 Å². The van der Waals surface area contributed by atoms with Crippen molar-refractivity contribution in [1.29, 1.82) is 5.26 Å². The summed E-state index contributed by atoms with van der Waals surface area (Å²) in [6.45, 7) is 1.34. The number of nitriles is 1. The Bertz CT molecular complexity index is 651. The first-order valence-electron chi connectivity index (χ1n) is 6.15. The van der Waals surface area contributed by atoms with E-state index in [0.717, 1.165) is 23.4 Å². The summed E-state index contributed by atoms with van der Waals surface area (Å²) in [5.41, 5.74) is -0.267. The second-order valence-corrected chi connectivity index (χ2v) is 4.14. The fourth-order valence-corrected chi connectivity index (χ4v) is 1.56. The molecule has 0 heterocycles. The molecule has 116 valence electrons. The number of ether oxygens (including phenoxy) is 1. The van der Waals surface area contributed by atoms with E-state index in [9.17, 15) is 20.0 Å². The number of hydrogen-bond acceptors (Lipinski definition) is 7. The van der Waals surface area contributed by atoms with Crippen LogP contribution in [-0.4, -0.2) is 40.8 Å². The summed E-state index contributed by atoms with van der Waals surface area (Å²) in [5, 5.41) is 34.2. The number of methoxy groups -OCH3 is 1. The molecular formula is C13H14N4O5. The number of phenols is 1. The van der Waals surface area contributed by atoms with Crippen LogP contribution in [-0.2, 0) is 4.79 Å². The van der Waals surface area contributed by atoms with Crippen LogP contribution in [0, 0.1) is 21.4 Å². The van der Waals surface area contributed by atoms with Gasteiger partial charge in [-0.2, -0.15) is 10.4 Å². The molecule has 9 nitrogen and oxygen atoms in total. The van der Waals surface area contributed by atoms with Gasteiger partial charge in [0, 0.05) is 18.6 Å². The van der Waals surface area contributed by atoms with E-state index in [1.165, 1.54) is 14.0 Å². The molecule has 1 aromatic rings. The van der Waals surface area contributed by atoms with Gasteiger partial charge in [-0.25, -0.2) is 5.01 Å². The summed E-state index contributed by atoms with van der Waals surface area (Å²) in [5.74, 6) is -0.814. The number of hydrazone groups is 1. The Balaban J connectivity index is 3.17. The number of nitro benzene ring substituents is 1. The Hall–Kier alpha value is -3.15. The van der Waals surface area contributed by atoms with Crippen molar-refractivity contribution >= 4 is 17.8 Å². The molecule has 0 aromatic heterocycles. The molecule has 1 aromatic carbocycles. The number of carbonyl (C=O) groups excluding carboxylic acids is 1. The standard InChI is InChI=1S/C13H14N4O5/c1-9(18)16(5-3-4-14)15-8-10-6-11(17(20)21)7-12(22-2)13(10)19/h6-8,19H,3,5H2,1-2H3. The topological polar surface area (TPSA) is 129 Å². The van der Waals surface area contributed by atoms with Crippen LogP contribution in [0.15, 0.2) is 17.2 Å². The molecule has 0 saturated carbocycles. The maximum absolute atomic E-state index is 11.4. The summed E-state index contributed by atoms with van der Waals surface area (Å²) >= 11 is 0. The molecule has 0 bridgehead atoms. The Morgan fingerprint density at radius 2 is 2.32 bits per heavy atom. The average Bonchev–Trinajstić information content (AvgIpc) is 2.48. The van der Waals surface area contributed by atoms with Crippen LogP contribution in [0.4, 0.5) is 5.69 Å². The van der Waals surface area contributed by atoms with E-state index >= 15 is 0 Å². The van der Waals surface area contributed by atoms with Crippen molar-refractivity contribution in [3.05, 3.63) is 27.8 Å². The zero-order valence-electron chi connectivity index (χ0n) is 12.0. The SMILES string of the molecule is COc1cc([N+](=O)[O-])cc(C=NN(CCC#N)C(C)=O)c1O. The largest absolute Gasteiger partial charge is 0.504 e. The van der Waals surface area contributed by atoms with Crippen molar-refractivity contribution in [2.24, 2.45) is 5.10 Å². The van der Waals surface area contributed by atoms with E-state index in [1.807, 2.05) is 6.07 Å². The molecule has 0 atom stereocenters. The fourth-order valence-electron chi connectivity index (χ4n) is 1.56. The van der Waals surface area contributed by atoms with Gasteiger partial charge in [0.05, 0.1) is 43.3 Å². The Morgan fingerprint density at radius 3 is 2.82 bits per heavy atom. The number of nitrogens with zero attached hydrogens (tertiary/aromatic N) is 4. The van der Waals surface area contributed by atoms with E-state index in [4.69, 9.17) is 10.00 Å². The summed E-state index contributed by atoms with van der Waals surface area (Å²) in [6, 6.07) is 4.05. The van der Waals surface area contributed by atoms with Crippen LogP contribution in [0.25, 0.3) is 0 Å². The predicted octanol–water partition coefficient (Wildman–Crippen LogP) is 1.41. The smallest absolute Gasteiger partial charge is 0.274 e. The van der Waals surface area contributed by atoms with Crippen LogP contribution >= 0.6 is 0 Å². The van der Waals surface area contributed by atoms with Gasteiger partial charge in [0.25, 0.3) is 5.69 Å². The number of aromatic hydroxyl groups is 1. The van der Waals surface area contributed by atoms with Gasteiger partial charge in [-0.1, -0.05) is 0 Å². The molecular weight excluding hydrogens is 292 g/mol. The summed E-state index contributed by atoms with van der Waals surface area (Å²) in [7, 11) is 1.26. The molecule has 0 aliphatic heterocycles. The first kappa shape index (κ1) is 16.9. The van der Waals surface area contributed by atoms with Crippen LogP contribution in [0.5, 0.6) is 11.5 Å². The fraction of sp³-hybridized carbons (Fsp3) is 0.308. The van der Waals surface area contributed by atoms with Crippen molar-refractivity contribution in [2.45, 2.75) is 13.3 Å². The number of hydrogen-bond donors (Lipinski definition) is 1. The number of amides is 1. The highest BCUT2D eigenvalue weighted by Crippen LogP contribution is 2.33. The Labute approximate surface area is 126 Å². The molecule has 0 fully saturated rings. The third-order valence-electron chi connectivity index (χ3n) is 2.66. The normalized spacial score (nSPS) is 10.2. The lowest BCUT2D eigenvalue weighted by atomic mass is 10.2. The van der Waals surface area contributed by atoms with E-state index in [1.54, 1.807) is 0 Å². The van der Waals surface area contributed by atoms with Crippen LogP contribution in [0.2, 0.25) is 0 Å². The average molecular weight is 306 g/mol. The third-order valence-corrected chi connectivity index (χ3v) is 2.66. The van der Waals surface area contributed by atoms with E-state index < -0.39 is 10.8 Å². The molecule has 0 saturated heterocycles. The Kier molecular flexibility index (Phi) is 5.83. The van der Waals surface area contributed by atoms with Gasteiger partial charge in [-0.05, 0) is 0 Å². The summed E-state index contributed by atoms with van der Waals surface area (Å²) < 4.78 is 4.86. The number of non-ortho nitro benzene ring substituents is 1. The van der Waals surface area contributed by atoms with Crippen molar-refractivity contribution in [3.63, 3.8) is 0 Å². The highest BCUT2D eigenvalue weighted by molar-refractivity contribution is 5.87. The lowest BCUT2D eigenvalue weighted by molar-refractivity contribution is -0.385. The lowest BCUT2D eigenvalue weighted by Gasteiger charge is -2.13. The molecule has 0 spiro atoms. The number of nitro groups is 1. The van der Waals surface area contributed by atoms with Gasteiger partial charge >= 0.3 is 0 Å². The summed E-state index contributed by atoms with van der Waals surface area (Å²) in [6.07, 6.45) is 1.19. The summed E-state index contributed by atoms with van der Waals surface area (Å²) in [4.78, 5) is 21.6. The van der Waals surface area contributed by atoms with Crippen LogP contribution < -0.4 is 4.74 Å². The number of carbonyl (C=O) groups is 1. The van der Waals surface area contributed by atoms with Crippen molar-refractivity contribution in [2.75, 3.05) is 13.7 Å². The van der Waals surface area contributed by atoms with Gasteiger partial charge < -0.3 is 9.84 Å². The molecule has 1 N–H and O–H groups in total. The minimum Gasteiger partial charge on any atom is -0.504 e. The van der Waals surface area contributed by atoms with Crippen molar-refractivity contribution < 1.29 is 19.6 Å². The minimum absolute atomic E-state index is 0.0225. The first-order chi connectivity index (χ1) is 10.4. The van der Waals surface area contributed by atoms with E-state index in [0.29, 0.717) is 0 Å². The second-order valence-electron chi connectivity index (χ2n) is 4.14. The molecule has 1 amide bonds. The minimum atomic E-state index is -0.641. The molecule has 22 heavy (non-hydrogen) atoms. The lowest BCUT2D eigenvalue weighted by Crippen LogP contribution is -2.24. The molecule has 0 aliphatic rings. The molecule has 1 rings (SSSR count). The van der Waals surface area contributed by atoms with Gasteiger partial charge in [-0.15, -0.1) is 0 Å². The number of rotatable bonds is 6. The predicted molar refractivity (Wildman–Crippen MR) is 76.5 cm³/mol. The quantitative estimate of drug-likeness (QED) is 0.480. The van der Waals surface area contributed by atoms with Gasteiger partial charge in [0.2, 0.25) is 5.91 Å². The maximum Gasteiger partial charge on any atom is 0.274 e. The number of benzene rings is 1. The van der Waals surface area contributed by atoms with E-state index in [-0.39, 0.29) is 35.7 Å². The zero-order valence-corrected chi connectivity index (χ0v) is 12.0. The van der Waals surface area contributed by atoms with Gasteiger partial charge in [0.15, 0.2) is 11.5 Å². The number of phenolic OH excluding ortho intramolecular Hbond substituents is 1. The monoisotopic (exact) mass is 306 g/mol. The molecule has 0 unspecified atom stereocenters. The van der Waals surface area contributed by atoms with Gasteiger partial charge in [-0.3, -0.25) is 14.9 Å². The first-order valence-corrected chi connectivity index (χ1v) is 6.15. The highest BCUT2D eigenvalue weighted by Gasteiger charge is 2.16. The molecule has 0 radical (unpaired) electrons. The Morgan fingerprint density at radius 1 is 1.64 bits per heavy atom. The van der Waals surface area contributed by atoms with E-state index in [2.05, 4.69) is 5.10 Å². The highest BCUT2D eigenvalue weighted by atomic mass is 16.6. The van der Waals surface area contributed by atoms with Gasteiger partial charge in [0.1, 0.15) is 0 Å². The van der Waals surface area contributed by atoms with Crippen LogP contribution in [0.3, 0.4) is 0 Å².